The summed E-state index contributed by atoms with van der Waals surface area (Å²) >= 11 is 0. The van der Waals surface area contributed by atoms with Crippen molar-refractivity contribution >= 4 is 10.0 Å². The van der Waals surface area contributed by atoms with Crippen molar-refractivity contribution in [2.45, 2.75) is 37.4 Å². The van der Waals surface area contributed by atoms with Gasteiger partial charge in [-0.25, -0.2) is 13.1 Å². The topological polar surface area (TPSA) is 58.2 Å². The Bertz CT molecular complexity index is 571. The normalized spacial score (nSPS) is 12.6. The van der Waals surface area contributed by atoms with Crippen molar-refractivity contribution in [3.05, 3.63) is 29.3 Å². The standard InChI is InChI=1S/C13H19F3N2O2S/c1-3-10-4-5-12(8-11(10)9-17-2)21(19,20)18-7-6-13(14,15)16/h4-5,8,17-18H,3,6-7,9H2,1-2H3. The Morgan fingerprint density at radius 1 is 1.19 bits per heavy atom. The number of nitrogens with one attached hydrogen (secondary N) is 2. The predicted molar refractivity (Wildman–Crippen MR) is 74.4 cm³/mol. The SMILES string of the molecule is CCc1ccc(S(=O)(=O)NCCC(F)(F)F)cc1CNC. The van der Waals surface area contributed by atoms with E-state index in [4.69, 9.17) is 0 Å². The first kappa shape index (κ1) is 17.9. The Morgan fingerprint density at radius 2 is 1.86 bits per heavy atom. The van der Waals surface area contributed by atoms with Crippen molar-refractivity contribution in [3.8, 4) is 0 Å². The Balaban J connectivity index is 2.90. The van der Waals surface area contributed by atoms with Crippen LogP contribution in [-0.2, 0) is 23.0 Å². The molecule has 0 aliphatic heterocycles. The van der Waals surface area contributed by atoms with Crippen LogP contribution in [0.15, 0.2) is 23.1 Å². The highest BCUT2D eigenvalue weighted by Gasteiger charge is 2.27. The number of hydrogen-bond acceptors (Lipinski definition) is 3. The Labute approximate surface area is 122 Å². The molecule has 4 nitrogen and oxygen atoms in total. The van der Waals surface area contributed by atoms with Gasteiger partial charge in [-0.1, -0.05) is 13.0 Å². The van der Waals surface area contributed by atoms with Crippen molar-refractivity contribution in [3.63, 3.8) is 0 Å². The molecule has 0 saturated carbocycles. The van der Waals surface area contributed by atoms with Crippen LogP contribution in [0.4, 0.5) is 13.2 Å². The molecule has 0 aliphatic carbocycles. The van der Waals surface area contributed by atoms with Crippen molar-refractivity contribution in [1.82, 2.24) is 10.0 Å². The van der Waals surface area contributed by atoms with Crippen LogP contribution in [0.2, 0.25) is 0 Å². The first-order valence-corrected chi connectivity index (χ1v) is 8.00. The molecule has 0 aliphatic rings. The molecule has 0 atom stereocenters. The van der Waals surface area contributed by atoms with Crippen LogP contribution in [0.1, 0.15) is 24.5 Å². The van der Waals surface area contributed by atoms with Crippen LogP contribution in [0.5, 0.6) is 0 Å². The molecule has 1 aromatic carbocycles. The fourth-order valence-corrected chi connectivity index (χ4v) is 2.96. The summed E-state index contributed by atoms with van der Waals surface area (Å²) < 4.78 is 62.1. The van der Waals surface area contributed by atoms with Gasteiger partial charge in [-0.3, -0.25) is 0 Å². The molecular weight excluding hydrogens is 305 g/mol. The smallest absolute Gasteiger partial charge is 0.316 e. The molecular formula is C13H19F3N2O2S. The number of rotatable bonds is 7. The Kier molecular flexibility index (Phi) is 6.18. The quantitative estimate of drug-likeness (QED) is 0.808. The molecule has 0 fully saturated rings. The van der Waals surface area contributed by atoms with Gasteiger partial charge in [0.15, 0.2) is 0 Å². The van der Waals surface area contributed by atoms with Crippen LogP contribution in [0.3, 0.4) is 0 Å². The lowest BCUT2D eigenvalue weighted by Gasteiger charge is -2.12. The second-order valence-corrected chi connectivity index (χ2v) is 6.34. The van der Waals surface area contributed by atoms with Crippen LogP contribution in [0.25, 0.3) is 0 Å². The minimum atomic E-state index is -4.38. The van der Waals surface area contributed by atoms with Crippen LogP contribution in [0, 0.1) is 0 Å². The average Bonchev–Trinajstić information content (AvgIpc) is 2.37. The molecule has 1 rings (SSSR count). The van der Waals surface area contributed by atoms with Gasteiger partial charge >= 0.3 is 6.18 Å². The molecule has 0 heterocycles. The van der Waals surface area contributed by atoms with Gasteiger partial charge in [0.1, 0.15) is 0 Å². The van der Waals surface area contributed by atoms with Crippen molar-refractivity contribution in [1.29, 1.82) is 0 Å². The molecule has 21 heavy (non-hydrogen) atoms. The van der Waals surface area contributed by atoms with Crippen molar-refractivity contribution in [2.24, 2.45) is 0 Å². The van der Waals surface area contributed by atoms with Gasteiger partial charge < -0.3 is 5.32 Å². The van der Waals surface area contributed by atoms with E-state index in [0.717, 1.165) is 17.5 Å². The lowest BCUT2D eigenvalue weighted by molar-refractivity contribution is -0.132. The maximum atomic E-state index is 12.1. The highest BCUT2D eigenvalue weighted by Crippen LogP contribution is 2.20. The molecule has 120 valence electrons. The third kappa shape index (κ3) is 5.64. The molecule has 0 aromatic heterocycles. The minimum absolute atomic E-state index is 0.0212. The van der Waals surface area contributed by atoms with E-state index in [9.17, 15) is 21.6 Å². The summed E-state index contributed by atoms with van der Waals surface area (Å²) in [6, 6.07) is 4.59. The van der Waals surface area contributed by atoms with Crippen LogP contribution >= 0.6 is 0 Å². The van der Waals surface area contributed by atoms with E-state index in [-0.39, 0.29) is 4.90 Å². The molecule has 0 radical (unpaired) electrons. The van der Waals surface area contributed by atoms with Gasteiger partial charge in [-0.15, -0.1) is 0 Å². The van der Waals surface area contributed by atoms with Gasteiger partial charge in [-0.2, -0.15) is 13.2 Å². The number of halogens is 3. The largest absolute Gasteiger partial charge is 0.390 e. The second-order valence-electron chi connectivity index (χ2n) is 4.58. The molecule has 2 N–H and O–H groups in total. The van der Waals surface area contributed by atoms with Crippen molar-refractivity contribution < 1.29 is 21.6 Å². The maximum Gasteiger partial charge on any atom is 0.390 e. The highest BCUT2D eigenvalue weighted by molar-refractivity contribution is 7.89. The van der Waals surface area contributed by atoms with Gasteiger partial charge in [0.05, 0.1) is 11.3 Å². The zero-order valence-electron chi connectivity index (χ0n) is 11.9. The highest BCUT2D eigenvalue weighted by atomic mass is 32.2. The number of alkyl halides is 3. The molecule has 0 saturated heterocycles. The number of aryl methyl sites for hydroxylation is 1. The van der Waals surface area contributed by atoms with E-state index in [0.29, 0.717) is 6.54 Å². The Hall–Kier alpha value is -1.12. The second kappa shape index (κ2) is 7.24. The summed E-state index contributed by atoms with van der Waals surface area (Å²) in [5.41, 5.74) is 1.82. The lowest BCUT2D eigenvalue weighted by Crippen LogP contribution is -2.28. The number of sulfonamides is 1. The molecule has 8 heteroatoms. The first-order valence-electron chi connectivity index (χ1n) is 6.52. The van der Waals surface area contributed by atoms with Crippen LogP contribution in [-0.4, -0.2) is 28.2 Å². The van der Waals surface area contributed by atoms with E-state index in [1.54, 1.807) is 13.1 Å². The zero-order valence-corrected chi connectivity index (χ0v) is 12.7. The van der Waals surface area contributed by atoms with E-state index in [2.05, 4.69) is 5.32 Å². The molecule has 0 unspecified atom stereocenters. The zero-order chi connectivity index (χ0) is 16.1. The first-order chi connectivity index (χ1) is 9.69. The van der Waals surface area contributed by atoms with Crippen LogP contribution < -0.4 is 10.0 Å². The summed E-state index contributed by atoms with van der Waals surface area (Å²) in [5.74, 6) is 0. The molecule has 0 spiro atoms. The summed E-state index contributed by atoms with van der Waals surface area (Å²) in [6.07, 6.45) is -4.83. The van der Waals surface area contributed by atoms with E-state index in [1.165, 1.54) is 12.1 Å². The number of benzene rings is 1. The Morgan fingerprint density at radius 3 is 2.38 bits per heavy atom. The molecule has 1 aromatic rings. The van der Waals surface area contributed by atoms with Gasteiger partial charge in [0, 0.05) is 13.1 Å². The maximum absolute atomic E-state index is 12.1. The minimum Gasteiger partial charge on any atom is -0.316 e. The lowest BCUT2D eigenvalue weighted by atomic mass is 10.1. The third-order valence-electron chi connectivity index (χ3n) is 2.94. The predicted octanol–water partition coefficient (Wildman–Crippen LogP) is 2.20. The average molecular weight is 324 g/mol. The van der Waals surface area contributed by atoms with Crippen molar-refractivity contribution in [2.75, 3.05) is 13.6 Å². The summed E-state index contributed by atoms with van der Waals surface area (Å²) in [6.45, 7) is 1.78. The third-order valence-corrected chi connectivity index (χ3v) is 4.40. The number of hydrogen-bond donors (Lipinski definition) is 2. The monoisotopic (exact) mass is 324 g/mol. The fraction of sp³-hybridized carbons (Fsp3) is 0.538. The summed E-state index contributed by atoms with van der Waals surface area (Å²) in [4.78, 5) is -0.0212. The van der Waals surface area contributed by atoms with E-state index >= 15 is 0 Å². The van der Waals surface area contributed by atoms with Gasteiger partial charge in [0.25, 0.3) is 0 Å². The van der Waals surface area contributed by atoms with E-state index < -0.39 is 29.2 Å². The molecule has 0 amide bonds. The van der Waals surface area contributed by atoms with Gasteiger partial charge in [-0.05, 0) is 36.7 Å². The molecule has 0 bridgehead atoms. The van der Waals surface area contributed by atoms with E-state index in [1.807, 2.05) is 11.6 Å². The summed E-state index contributed by atoms with van der Waals surface area (Å²) in [5, 5.41) is 2.94. The fourth-order valence-electron chi connectivity index (χ4n) is 1.88. The summed E-state index contributed by atoms with van der Waals surface area (Å²) in [7, 11) is -2.19. The van der Waals surface area contributed by atoms with Gasteiger partial charge in [0.2, 0.25) is 10.0 Å².